The van der Waals surface area contributed by atoms with E-state index in [-0.39, 0.29) is 11.5 Å². The van der Waals surface area contributed by atoms with Crippen LogP contribution < -0.4 is 5.32 Å². The first-order chi connectivity index (χ1) is 14.7. The monoisotopic (exact) mass is 394 g/mol. The standard InChI is InChI=1S/C25H22N4O/c1-2-13-29-17-20(22-8-4-6-10-24(22)29)14-19(15-26)25(30)27-12-11-18-16-28-23-9-5-3-7-21(18)23/h2-10,14,16-17,28H,1,11-13H2,(H,27,30). The van der Waals surface area contributed by atoms with Crippen LogP contribution in [0.2, 0.25) is 0 Å². The van der Waals surface area contributed by atoms with Crippen molar-refractivity contribution >= 4 is 33.8 Å². The van der Waals surface area contributed by atoms with Crippen molar-refractivity contribution in [3.05, 3.63) is 90.3 Å². The fraction of sp³-hybridized carbons (Fsp3) is 0.120. The quantitative estimate of drug-likeness (QED) is 0.274. The van der Waals surface area contributed by atoms with Gasteiger partial charge in [-0.15, -0.1) is 6.58 Å². The third-order valence-corrected chi connectivity index (χ3v) is 5.16. The van der Waals surface area contributed by atoms with Gasteiger partial charge < -0.3 is 14.9 Å². The maximum atomic E-state index is 12.6. The second-order valence-corrected chi connectivity index (χ2v) is 7.08. The summed E-state index contributed by atoms with van der Waals surface area (Å²) in [5.74, 6) is -0.363. The first-order valence-corrected chi connectivity index (χ1v) is 9.85. The van der Waals surface area contributed by atoms with Crippen molar-refractivity contribution in [3.8, 4) is 6.07 Å². The van der Waals surface area contributed by atoms with Crippen LogP contribution in [0.1, 0.15) is 11.1 Å². The number of rotatable bonds is 7. The summed E-state index contributed by atoms with van der Waals surface area (Å²) in [4.78, 5) is 15.8. The number of aromatic nitrogens is 2. The molecule has 30 heavy (non-hydrogen) atoms. The minimum Gasteiger partial charge on any atom is -0.361 e. The van der Waals surface area contributed by atoms with Crippen LogP contribution in [0, 0.1) is 11.3 Å². The number of aromatic amines is 1. The molecule has 2 aromatic carbocycles. The lowest BCUT2D eigenvalue weighted by atomic mass is 10.1. The van der Waals surface area contributed by atoms with Crippen molar-refractivity contribution in [2.75, 3.05) is 6.54 Å². The van der Waals surface area contributed by atoms with Gasteiger partial charge in [0.25, 0.3) is 5.91 Å². The molecular weight excluding hydrogens is 372 g/mol. The van der Waals surface area contributed by atoms with Crippen LogP contribution in [0.4, 0.5) is 0 Å². The van der Waals surface area contributed by atoms with Gasteiger partial charge in [-0.2, -0.15) is 5.26 Å². The van der Waals surface area contributed by atoms with Gasteiger partial charge in [-0.25, -0.2) is 0 Å². The summed E-state index contributed by atoms with van der Waals surface area (Å²) in [6.07, 6.45) is 8.08. The highest BCUT2D eigenvalue weighted by Gasteiger charge is 2.12. The zero-order valence-corrected chi connectivity index (χ0v) is 16.6. The topological polar surface area (TPSA) is 73.6 Å². The molecule has 0 unspecified atom stereocenters. The van der Waals surface area contributed by atoms with E-state index in [9.17, 15) is 10.1 Å². The van der Waals surface area contributed by atoms with Crippen LogP contribution in [0.5, 0.6) is 0 Å². The summed E-state index contributed by atoms with van der Waals surface area (Å²) < 4.78 is 2.05. The lowest BCUT2D eigenvalue weighted by molar-refractivity contribution is -0.117. The third kappa shape index (κ3) is 3.76. The first-order valence-electron chi connectivity index (χ1n) is 9.85. The molecule has 0 aliphatic carbocycles. The van der Waals surface area contributed by atoms with Crippen LogP contribution in [-0.4, -0.2) is 22.0 Å². The van der Waals surface area contributed by atoms with E-state index in [2.05, 4.69) is 27.5 Å². The number of hydrogen-bond acceptors (Lipinski definition) is 2. The van der Waals surface area contributed by atoms with Gasteiger partial charge in [0.1, 0.15) is 11.6 Å². The minimum atomic E-state index is -0.363. The molecule has 0 atom stereocenters. The fourth-order valence-electron chi connectivity index (χ4n) is 3.73. The first kappa shape index (κ1) is 19.3. The Morgan fingerprint density at radius 2 is 1.93 bits per heavy atom. The van der Waals surface area contributed by atoms with Crippen molar-refractivity contribution in [1.29, 1.82) is 5.26 Å². The van der Waals surface area contributed by atoms with Crippen LogP contribution >= 0.6 is 0 Å². The molecule has 0 saturated carbocycles. The maximum Gasteiger partial charge on any atom is 0.261 e. The van der Waals surface area contributed by atoms with Crippen molar-refractivity contribution in [2.45, 2.75) is 13.0 Å². The number of amides is 1. The Morgan fingerprint density at radius 3 is 2.73 bits per heavy atom. The van der Waals surface area contributed by atoms with Crippen LogP contribution in [0.15, 0.2) is 79.2 Å². The zero-order chi connectivity index (χ0) is 20.9. The zero-order valence-electron chi connectivity index (χ0n) is 16.6. The normalized spacial score (nSPS) is 11.5. The average Bonchev–Trinajstić information content (AvgIpc) is 3.34. The summed E-state index contributed by atoms with van der Waals surface area (Å²) in [7, 11) is 0. The van der Waals surface area contributed by atoms with Gasteiger partial charge in [0, 0.05) is 52.9 Å². The van der Waals surface area contributed by atoms with E-state index >= 15 is 0 Å². The number of carbonyl (C=O) groups is 1. The molecule has 5 heteroatoms. The van der Waals surface area contributed by atoms with Crippen molar-refractivity contribution in [3.63, 3.8) is 0 Å². The molecule has 0 spiro atoms. The Labute approximate surface area is 174 Å². The SMILES string of the molecule is C=CCn1cc(C=C(C#N)C(=O)NCCc2c[nH]c3ccccc23)c2ccccc21. The van der Waals surface area contributed by atoms with Gasteiger partial charge in [-0.3, -0.25) is 4.79 Å². The molecule has 0 aliphatic rings. The Bertz CT molecular complexity index is 1300. The molecule has 2 N–H and O–H groups in total. The summed E-state index contributed by atoms with van der Waals surface area (Å²) in [5, 5.41) is 14.6. The molecular formula is C25H22N4O. The Balaban J connectivity index is 1.50. The molecule has 0 fully saturated rings. The van der Waals surface area contributed by atoms with Gasteiger partial charge >= 0.3 is 0 Å². The lowest BCUT2D eigenvalue weighted by Gasteiger charge is -2.04. The van der Waals surface area contributed by atoms with Crippen molar-refractivity contribution in [2.24, 2.45) is 0 Å². The second-order valence-electron chi connectivity index (χ2n) is 7.08. The Kier molecular flexibility index (Phi) is 5.49. The summed E-state index contributed by atoms with van der Waals surface area (Å²) >= 11 is 0. The Hall–Kier alpha value is -4.04. The highest BCUT2D eigenvalue weighted by Crippen LogP contribution is 2.24. The van der Waals surface area contributed by atoms with E-state index in [0.29, 0.717) is 19.5 Å². The van der Waals surface area contributed by atoms with Gasteiger partial charge in [0.05, 0.1) is 0 Å². The number of H-pyrrole nitrogens is 1. The van der Waals surface area contributed by atoms with Crippen molar-refractivity contribution < 1.29 is 4.79 Å². The molecule has 0 radical (unpaired) electrons. The van der Waals surface area contributed by atoms with E-state index < -0.39 is 0 Å². The average molecular weight is 394 g/mol. The number of nitrogens with zero attached hydrogens (tertiary/aromatic N) is 2. The van der Waals surface area contributed by atoms with Crippen LogP contribution in [0.25, 0.3) is 27.9 Å². The number of fused-ring (bicyclic) bond motifs is 2. The fourth-order valence-corrected chi connectivity index (χ4v) is 3.73. The number of carbonyl (C=O) groups excluding carboxylic acids is 1. The van der Waals surface area contributed by atoms with E-state index in [4.69, 9.17) is 0 Å². The Morgan fingerprint density at radius 1 is 1.17 bits per heavy atom. The van der Waals surface area contributed by atoms with E-state index in [0.717, 1.165) is 32.9 Å². The molecule has 4 aromatic rings. The molecule has 1 amide bonds. The second kappa shape index (κ2) is 8.54. The van der Waals surface area contributed by atoms with Gasteiger partial charge in [0.15, 0.2) is 0 Å². The molecule has 0 aliphatic heterocycles. The van der Waals surface area contributed by atoms with Crippen molar-refractivity contribution in [1.82, 2.24) is 14.9 Å². The van der Waals surface area contributed by atoms with Gasteiger partial charge in [-0.1, -0.05) is 42.5 Å². The summed E-state index contributed by atoms with van der Waals surface area (Å²) in [5.41, 5.74) is 4.19. The predicted molar refractivity (Wildman–Crippen MR) is 121 cm³/mol. The third-order valence-electron chi connectivity index (χ3n) is 5.16. The number of allylic oxidation sites excluding steroid dienone is 1. The molecule has 2 aromatic heterocycles. The summed E-state index contributed by atoms with van der Waals surface area (Å²) in [6.45, 7) is 4.91. The lowest BCUT2D eigenvalue weighted by Crippen LogP contribution is -2.26. The predicted octanol–water partition coefficient (Wildman–Crippen LogP) is 4.57. The van der Waals surface area contributed by atoms with E-state index in [1.807, 2.05) is 67.0 Å². The highest BCUT2D eigenvalue weighted by molar-refractivity contribution is 6.04. The molecule has 5 nitrogen and oxygen atoms in total. The van der Waals surface area contributed by atoms with E-state index in [1.165, 1.54) is 0 Å². The number of benzene rings is 2. The molecule has 148 valence electrons. The van der Waals surface area contributed by atoms with Crippen LogP contribution in [-0.2, 0) is 17.8 Å². The number of nitrogens with one attached hydrogen (secondary N) is 2. The highest BCUT2D eigenvalue weighted by atomic mass is 16.1. The largest absolute Gasteiger partial charge is 0.361 e. The van der Waals surface area contributed by atoms with Gasteiger partial charge in [-0.05, 0) is 30.2 Å². The number of hydrogen-bond donors (Lipinski definition) is 2. The van der Waals surface area contributed by atoms with E-state index in [1.54, 1.807) is 6.08 Å². The number of para-hydroxylation sites is 2. The molecule has 0 saturated heterocycles. The maximum absolute atomic E-state index is 12.6. The molecule has 2 heterocycles. The summed E-state index contributed by atoms with van der Waals surface area (Å²) in [6, 6.07) is 18.0. The van der Waals surface area contributed by atoms with Crippen LogP contribution in [0.3, 0.4) is 0 Å². The van der Waals surface area contributed by atoms with Gasteiger partial charge in [0.2, 0.25) is 0 Å². The minimum absolute atomic E-state index is 0.0930. The molecule has 0 bridgehead atoms. The smallest absolute Gasteiger partial charge is 0.261 e. The number of nitriles is 1. The molecule has 4 rings (SSSR count).